The minimum Gasteiger partial charge on any atom is -0.496 e. The van der Waals surface area contributed by atoms with Crippen molar-refractivity contribution in [1.29, 1.82) is 0 Å². The van der Waals surface area contributed by atoms with E-state index in [1.807, 2.05) is 11.9 Å². The van der Waals surface area contributed by atoms with E-state index in [1.165, 1.54) is 0 Å². The topological polar surface area (TPSA) is 71.4 Å². The van der Waals surface area contributed by atoms with Crippen LogP contribution in [0.1, 0.15) is 18.1 Å². The van der Waals surface area contributed by atoms with Crippen LogP contribution in [0.3, 0.4) is 0 Å². The van der Waals surface area contributed by atoms with Crippen molar-refractivity contribution in [3.63, 3.8) is 0 Å². The molecule has 1 atom stereocenters. The molecule has 1 unspecified atom stereocenters. The molecule has 0 aromatic heterocycles. The Morgan fingerprint density at radius 2 is 1.62 bits per heavy atom. The smallest absolute Gasteiger partial charge is 0.132 e. The van der Waals surface area contributed by atoms with Crippen molar-refractivity contribution in [3.05, 3.63) is 17.7 Å². The second-order valence-electron chi connectivity index (χ2n) is 4.78. The summed E-state index contributed by atoms with van der Waals surface area (Å²) >= 11 is 0. The second kappa shape index (κ2) is 8.71. The Kier molecular flexibility index (Phi) is 7.28. The third-order valence-corrected chi connectivity index (χ3v) is 3.35. The van der Waals surface area contributed by atoms with Gasteiger partial charge in [-0.05, 0) is 13.5 Å². The van der Waals surface area contributed by atoms with Gasteiger partial charge in [0.05, 0.1) is 39.6 Å². The number of aliphatic hydroxyl groups excluding tert-OH is 2. The van der Waals surface area contributed by atoms with E-state index in [0.717, 1.165) is 0 Å². The summed E-state index contributed by atoms with van der Waals surface area (Å²) in [6.45, 7) is 1.32. The van der Waals surface area contributed by atoms with Gasteiger partial charge in [-0.25, -0.2) is 0 Å². The van der Waals surface area contributed by atoms with E-state index in [2.05, 4.69) is 0 Å². The zero-order valence-electron chi connectivity index (χ0n) is 13.1. The molecule has 0 aliphatic rings. The molecule has 120 valence electrons. The van der Waals surface area contributed by atoms with Gasteiger partial charge in [-0.15, -0.1) is 0 Å². The zero-order chi connectivity index (χ0) is 15.8. The maximum absolute atomic E-state index is 10.4. The van der Waals surface area contributed by atoms with E-state index in [0.29, 0.717) is 42.3 Å². The average molecular weight is 299 g/mol. The lowest BCUT2D eigenvalue weighted by molar-refractivity contribution is 0.135. The molecule has 0 bridgehead atoms. The lowest BCUT2D eigenvalue weighted by Crippen LogP contribution is -2.24. The molecular formula is C15H25NO5. The standard InChI is InChI=1S/C15H25NO5/c1-16(7-8-17)6-5-12(18)15-13(20-3)9-11(19-2)10-14(15)21-4/h9-10,12,17-18H,5-8H2,1-4H3. The van der Waals surface area contributed by atoms with E-state index >= 15 is 0 Å². The molecule has 1 aromatic carbocycles. The van der Waals surface area contributed by atoms with Gasteiger partial charge >= 0.3 is 0 Å². The molecular weight excluding hydrogens is 274 g/mol. The summed E-state index contributed by atoms with van der Waals surface area (Å²) < 4.78 is 15.9. The van der Waals surface area contributed by atoms with Crippen molar-refractivity contribution >= 4 is 0 Å². The highest BCUT2D eigenvalue weighted by molar-refractivity contribution is 5.51. The lowest BCUT2D eigenvalue weighted by atomic mass is 10.0. The minimum absolute atomic E-state index is 0.0990. The highest BCUT2D eigenvalue weighted by atomic mass is 16.5. The van der Waals surface area contributed by atoms with Gasteiger partial charge in [-0.1, -0.05) is 0 Å². The summed E-state index contributed by atoms with van der Waals surface area (Å²) in [6.07, 6.45) is -0.211. The molecule has 0 heterocycles. The van der Waals surface area contributed by atoms with Gasteiger partial charge in [-0.3, -0.25) is 0 Å². The number of hydrogen-bond donors (Lipinski definition) is 2. The first-order chi connectivity index (χ1) is 10.1. The number of hydrogen-bond acceptors (Lipinski definition) is 6. The molecule has 0 aliphatic heterocycles. The van der Waals surface area contributed by atoms with Crippen molar-refractivity contribution in [2.24, 2.45) is 0 Å². The van der Waals surface area contributed by atoms with Gasteiger partial charge in [0, 0.05) is 25.2 Å². The normalized spacial score (nSPS) is 12.3. The summed E-state index contributed by atoms with van der Waals surface area (Å²) in [4.78, 5) is 1.95. The first-order valence-corrected chi connectivity index (χ1v) is 6.84. The Bertz CT molecular complexity index is 413. The molecule has 0 radical (unpaired) electrons. The van der Waals surface area contributed by atoms with Crippen LogP contribution in [0.15, 0.2) is 12.1 Å². The van der Waals surface area contributed by atoms with Gasteiger partial charge in [0.2, 0.25) is 0 Å². The molecule has 6 heteroatoms. The van der Waals surface area contributed by atoms with Gasteiger partial charge < -0.3 is 29.3 Å². The van der Waals surface area contributed by atoms with Crippen LogP contribution in [0.5, 0.6) is 17.2 Å². The number of nitrogens with zero attached hydrogens (tertiary/aromatic N) is 1. The van der Waals surface area contributed by atoms with E-state index in [9.17, 15) is 5.11 Å². The predicted octanol–water partition coefficient (Wildman–Crippen LogP) is 1.06. The number of benzene rings is 1. The lowest BCUT2D eigenvalue weighted by Gasteiger charge is -2.21. The fraction of sp³-hybridized carbons (Fsp3) is 0.600. The average Bonchev–Trinajstić information content (AvgIpc) is 2.51. The molecule has 0 saturated carbocycles. The summed E-state index contributed by atoms with van der Waals surface area (Å²) in [6, 6.07) is 3.44. The van der Waals surface area contributed by atoms with Crippen LogP contribution in [0.4, 0.5) is 0 Å². The van der Waals surface area contributed by atoms with E-state index in [1.54, 1.807) is 33.5 Å². The van der Waals surface area contributed by atoms with Crippen LogP contribution in [0, 0.1) is 0 Å². The Morgan fingerprint density at radius 1 is 1.05 bits per heavy atom. The van der Waals surface area contributed by atoms with Crippen LogP contribution in [-0.2, 0) is 0 Å². The van der Waals surface area contributed by atoms with Crippen LogP contribution < -0.4 is 14.2 Å². The van der Waals surface area contributed by atoms with Crippen molar-refractivity contribution in [2.75, 3.05) is 48.1 Å². The monoisotopic (exact) mass is 299 g/mol. The highest BCUT2D eigenvalue weighted by Gasteiger charge is 2.21. The summed E-state index contributed by atoms with van der Waals surface area (Å²) in [7, 11) is 6.55. The van der Waals surface area contributed by atoms with Gasteiger partial charge in [0.1, 0.15) is 17.2 Å². The van der Waals surface area contributed by atoms with Crippen LogP contribution in [0.25, 0.3) is 0 Å². The molecule has 0 fully saturated rings. The van der Waals surface area contributed by atoms with Crippen molar-refractivity contribution in [1.82, 2.24) is 4.90 Å². The fourth-order valence-electron chi connectivity index (χ4n) is 2.13. The van der Waals surface area contributed by atoms with E-state index in [-0.39, 0.29) is 6.61 Å². The molecule has 1 aromatic rings. The van der Waals surface area contributed by atoms with Crippen molar-refractivity contribution in [3.8, 4) is 17.2 Å². The zero-order valence-corrected chi connectivity index (χ0v) is 13.1. The number of aliphatic hydroxyl groups is 2. The predicted molar refractivity (Wildman–Crippen MR) is 80.3 cm³/mol. The molecule has 1 rings (SSSR count). The van der Waals surface area contributed by atoms with Crippen molar-refractivity contribution in [2.45, 2.75) is 12.5 Å². The number of ether oxygens (including phenoxy) is 3. The summed E-state index contributed by atoms with van der Waals surface area (Å²) in [5, 5.41) is 19.3. The maximum atomic E-state index is 10.4. The molecule has 0 aliphatic carbocycles. The maximum Gasteiger partial charge on any atom is 0.132 e. The summed E-state index contributed by atoms with van der Waals surface area (Å²) in [5.74, 6) is 1.67. The highest BCUT2D eigenvalue weighted by Crippen LogP contribution is 2.39. The number of rotatable bonds is 9. The first-order valence-electron chi connectivity index (χ1n) is 6.84. The van der Waals surface area contributed by atoms with Gasteiger partial charge in [0.25, 0.3) is 0 Å². The van der Waals surface area contributed by atoms with Gasteiger partial charge in [-0.2, -0.15) is 0 Å². The second-order valence-corrected chi connectivity index (χ2v) is 4.78. The Morgan fingerprint density at radius 3 is 2.05 bits per heavy atom. The third-order valence-electron chi connectivity index (χ3n) is 3.35. The molecule has 2 N–H and O–H groups in total. The van der Waals surface area contributed by atoms with Crippen LogP contribution in [-0.4, -0.2) is 63.2 Å². The SMILES string of the molecule is COc1cc(OC)c(C(O)CCN(C)CCO)c(OC)c1. The van der Waals surface area contributed by atoms with E-state index < -0.39 is 6.10 Å². The Hall–Kier alpha value is -1.50. The molecule has 0 saturated heterocycles. The van der Waals surface area contributed by atoms with Crippen molar-refractivity contribution < 1.29 is 24.4 Å². The molecule has 0 spiro atoms. The fourth-order valence-corrected chi connectivity index (χ4v) is 2.13. The molecule has 21 heavy (non-hydrogen) atoms. The quantitative estimate of drug-likeness (QED) is 0.710. The largest absolute Gasteiger partial charge is 0.496 e. The number of likely N-dealkylation sites (N-methyl/N-ethyl adjacent to an activating group) is 1. The van der Waals surface area contributed by atoms with E-state index in [4.69, 9.17) is 19.3 Å². The molecule has 6 nitrogen and oxygen atoms in total. The van der Waals surface area contributed by atoms with Gasteiger partial charge in [0.15, 0.2) is 0 Å². The third kappa shape index (κ3) is 4.77. The van der Waals surface area contributed by atoms with Crippen LogP contribution >= 0.6 is 0 Å². The molecule has 0 amide bonds. The van der Waals surface area contributed by atoms with Crippen LogP contribution in [0.2, 0.25) is 0 Å². The Labute approximate surface area is 125 Å². The number of methoxy groups -OCH3 is 3. The Balaban J connectivity index is 2.93. The summed E-state index contributed by atoms with van der Waals surface area (Å²) in [5.41, 5.74) is 0.609. The minimum atomic E-state index is -0.720. The first kappa shape index (κ1) is 17.6.